The number of aliphatic hydroxyl groups is 1. The van der Waals surface area contributed by atoms with Crippen LogP contribution in [-0.4, -0.2) is 42.1 Å². The largest absolute Gasteiger partial charge is 0.510 e. The summed E-state index contributed by atoms with van der Waals surface area (Å²) in [7, 11) is 1.63. The maximum atomic E-state index is 14.7. The van der Waals surface area contributed by atoms with Crippen LogP contribution in [0.3, 0.4) is 0 Å². The Morgan fingerprint density at radius 1 is 1.00 bits per heavy atom. The van der Waals surface area contributed by atoms with Crippen LogP contribution in [0.4, 0.5) is 0 Å². The zero-order valence-corrected chi connectivity index (χ0v) is 27.7. The van der Waals surface area contributed by atoms with Gasteiger partial charge in [-0.3, -0.25) is 19.2 Å². The number of rotatable bonds is 8. The molecule has 0 unspecified atom stereocenters. The smallest absolute Gasteiger partial charge is 0.305 e. The van der Waals surface area contributed by atoms with Gasteiger partial charge in [0.2, 0.25) is 0 Å². The van der Waals surface area contributed by atoms with E-state index in [1.165, 1.54) is 6.92 Å². The lowest BCUT2D eigenvalue weighted by Gasteiger charge is -2.59. The van der Waals surface area contributed by atoms with Gasteiger partial charge >= 0.3 is 5.97 Å². The van der Waals surface area contributed by atoms with Gasteiger partial charge in [-0.05, 0) is 100 Å². The summed E-state index contributed by atoms with van der Waals surface area (Å²) in [6.07, 6.45) is 2.87. The average molecular weight is 613 g/mol. The summed E-state index contributed by atoms with van der Waals surface area (Å²) >= 11 is 0. The minimum absolute atomic E-state index is 0.0718. The number of carbonyl (C=O) groups is 4. The highest BCUT2D eigenvalue weighted by atomic mass is 16.5. The van der Waals surface area contributed by atoms with E-state index in [1.807, 2.05) is 45.9 Å². The molecule has 0 aliphatic heterocycles. The van der Waals surface area contributed by atoms with E-state index in [9.17, 15) is 24.3 Å². The van der Waals surface area contributed by atoms with Gasteiger partial charge in [-0.25, -0.2) is 0 Å². The number of fused-ring (bicyclic) bond motifs is 3. The molecule has 7 heteroatoms. The number of esters is 1. The predicted molar refractivity (Wildman–Crippen MR) is 172 cm³/mol. The number of allylic oxidation sites excluding steroid dienone is 3. The number of Topliss-reactive ketones (excluding diaryl/α,β-unsaturated/α-hetero) is 3. The first kappa shape index (κ1) is 32.4. The lowest BCUT2D eigenvalue weighted by molar-refractivity contribution is -0.143. The third-order valence-corrected chi connectivity index (χ3v) is 10.9. The number of ether oxygens (including phenoxy) is 2. The van der Waals surface area contributed by atoms with Crippen LogP contribution in [0.2, 0.25) is 0 Å². The van der Waals surface area contributed by atoms with Crippen LogP contribution in [0.5, 0.6) is 5.75 Å². The summed E-state index contributed by atoms with van der Waals surface area (Å²) in [5.41, 5.74) is 4.24. The van der Waals surface area contributed by atoms with E-state index in [0.717, 1.165) is 33.4 Å². The van der Waals surface area contributed by atoms with E-state index in [2.05, 4.69) is 19.1 Å². The van der Waals surface area contributed by atoms with Crippen molar-refractivity contribution >= 4 is 23.3 Å². The molecule has 2 aromatic rings. The second-order valence-electron chi connectivity index (χ2n) is 13.8. The maximum absolute atomic E-state index is 14.7. The van der Waals surface area contributed by atoms with Crippen molar-refractivity contribution in [3.63, 3.8) is 0 Å². The second kappa shape index (κ2) is 11.4. The van der Waals surface area contributed by atoms with Gasteiger partial charge in [0.1, 0.15) is 11.5 Å². The molecule has 3 atom stereocenters. The molecular formula is C38H44O7. The Kier molecular flexibility index (Phi) is 8.22. The summed E-state index contributed by atoms with van der Waals surface area (Å²) in [5, 5.41) is 11.6. The lowest BCUT2D eigenvalue weighted by atomic mass is 9.43. The number of methoxy groups -OCH3 is 1. The maximum Gasteiger partial charge on any atom is 0.305 e. The van der Waals surface area contributed by atoms with Gasteiger partial charge in [-0.2, -0.15) is 0 Å². The Labute approximate surface area is 265 Å². The first-order chi connectivity index (χ1) is 21.1. The number of ketones is 3. The molecule has 3 aliphatic rings. The van der Waals surface area contributed by atoms with Gasteiger partial charge in [-0.1, -0.05) is 37.6 Å². The molecule has 0 radical (unpaired) electrons. The second-order valence-corrected chi connectivity index (χ2v) is 13.8. The lowest BCUT2D eigenvalue weighted by Crippen LogP contribution is -2.55. The molecule has 7 nitrogen and oxygen atoms in total. The van der Waals surface area contributed by atoms with Crippen molar-refractivity contribution in [3.8, 4) is 16.9 Å². The summed E-state index contributed by atoms with van der Waals surface area (Å²) < 4.78 is 10.9. The third-order valence-electron chi connectivity index (χ3n) is 10.9. The van der Waals surface area contributed by atoms with Gasteiger partial charge < -0.3 is 14.6 Å². The van der Waals surface area contributed by atoms with Gasteiger partial charge in [0.15, 0.2) is 17.3 Å². The summed E-state index contributed by atoms with van der Waals surface area (Å²) in [6, 6.07) is 10.0. The van der Waals surface area contributed by atoms with E-state index < -0.39 is 22.0 Å². The van der Waals surface area contributed by atoms with E-state index in [1.54, 1.807) is 14.0 Å². The molecule has 0 bridgehead atoms. The summed E-state index contributed by atoms with van der Waals surface area (Å²) in [5.74, 6) is -0.596. The minimum Gasteiger partial charge on any atom is -0.510 e. The molecule has 45 heavy (non-hydrogen) atoms. The molecule has 0 aromatic heterocycles. The van der Waals surface area contributed by atoms with Crippen molar-refractivity contribution in [3.05, 3.63) is 75.1 Å². The first-order valence-corrected chi connectivity index (χ1v) is 15.8. The van der Waals surface area contributed by atoms with E-state index in [0.29, 0.717) is 55.6 Å². The number of aliphatic hydroxyl groups excluding tert-OH is 1. The van der Waals surface area contributed by atoms with Crippen molar-refractivity contribution in [2.45, 2.75) is 87.0 Å². The van der Waals surface area contributed by atoms with Crippen LogP contribution < -0.4 is 4.74 Å². The zero-order chi connectivity index (χ0) is 33.1. The topological polar surface area (TPSA) is 107 Å². The monoisotopic (exact) mass is 612 g/mol. The molecular weight excluding hydrogens is 568 g/mol. The fourth-order valence-electron chi connectivity index (χ4n) is 8.59. The molecule has 0 heterocycles. The highest BCUT2D eigenvalue weighted by Gasteiger charge is 2.63. The predicted octanol–water partition coefficient (Wildman–Crippen LogP) is 7.41. The molecule has 0 saturated carbocycles. The summed E-state index contributed by atoms with van der Waals surface area (Å²) in [4.78, 5) is 52.3. The molecule has 238 valence electrons. The van der Waals surface area contributed by atoms with E-state index in [4.69, 9.17) is 9.47 Å². The Balaban J connectivity index is 1.66. The van der Waals surface area contributed by atoms with Crippen molar-refractivity contribution in [1.82, 2.24) is 0 Å². The standard InChI is InChI=1S/C38H44O7/c1-9-45-30(41)12-10-11-24-14-16-29(44-8)26(17-24)25-15-13-21(2)31-27(25)18-36(5)20-37(6)19-28(40)32(23(4)39)35(43)38(37,7)22(3)33(36)34(31)42/h13-17,43H,9-12,18-20H2,1-8H3/t36-,37+,38+/m0/s1. The number of hydrogen-bond donors (Lipinski definition) is 1. The molecule has 5 rings (SSSR count). The third kappa shape index (κ3) is 4.95. The van der Waals surface area contributed by atoms with Crippen molar-refractivity contribution in [2.24, 2.45) is 16.2 Å². The highest BCUT2D eigenvalue weighted by molar-refractivity contribution is 6.21. The van der Waals surface area contributed by atoms with Crippen LogP contribution in [0.1, 0.15) is 94.3 Å². The quantitative estimate of drug-likeness (QED) is 0.244. The van der Waals surface area contributed by atoms with Crippen LogP contribution in [0.25, 0.3) is 11.1 Å². The minimum atomic E-state index is -1.03. The zero-order valence-electron chi connectivity index (χ0n) is 27.7. The van der Waals surface area contributed by atoms with Crippen molar-refractivity contribution < 1.29 is 33.8 Å². The van der Waals surface area contributed by atoms with Crippen LogP contribution in [0.15, 0.2) is 52.8 Å². The SMILES string of the molecule is CCOC(=O)CCCc1ccc(OC)c(-c2ccc(C)c3c2C[C@@]2(C)C[C@@]4(C)CC(=O)C(C(C)=O)=C(O)[C@@]4(C)C(C)=C2C3=O)c1. The van der Waals surface area contributed by atoms with Gasteiger partial charge in [0, 0.05) is 35.0 Å². The van der Waals surface area contributed by atoms with Gasteiger partial charge in [-0.15, -0.1) is 0 Å². The van der Waals surface area contributed by atoms with Gasteiger partial charge in [0.25, 0.3) is 0 Å². The van der Waals surface area contributed by atoms with Crippen LogP contribution in [-0.2, 0) is 32.0 Å². The Morgan fingerprint density at radius 2 is 1.71 bits per heavy atom. The highest BCUT2D eigenvalue weighted by Crippen LogP contribution is 2.67. The number of aryl methyl sites for hydroxylation is 2. The fourth-order valence-corrected chi connectivity index (χ4v) is 8.59. The van der Waals surface area contributed by atoms with Gasteiger partial charge in [0.05, 0.1) is 24.7 Å². The summed E-state index contributed by atoms with van der Waals surface area (Å²) in [6.45, 7) is 13.3. The number of hydrogen-bond acceptors (Lipinski definition) is 7. The molecule has 0 saturated heterocycles. The normalized spacial score (nSPS) is 25.9. The Morgan fingerprint density at radius 3 is 2.36 bits per heavy atom. The van der Waals surface area contributed by atoms with Crippen molar-refractivity contribution in [1.29, 1.82) is 0 Å². The molecule has 2 aromatic carbocycles. The molecule has 0 spiro atoms. The first-order valence-electron chi connectivity index (χ1n) is 15.8. The van der Waals surface area contributed by atoms with E-state index >= 15 is 0 Å². The molecule has 0 amide bonds. The van der Waals surface area contributed by atoms with Crippen LogP contribution in [0, 0.1) is 23.2 Å². The molecule has 1 N–H and O–H groups in total. The van der Waals surface area contributed by atoms with E-state index in [-0.39, 0.29) is 35.3 Å². The molecule has 3 aliphatic carbocycles. The fraction of sp³-hybridized carbons (Fsp3) is 0.474. The van der Waals surface area contributed by atoms with Crippen LogP contribution >= 0.6 is 0 Å². The average Bonchev–Trinajstić information content (AvgIpc) is 2.95. The Hall–Kier alpha value is -4.00. The number of benzene rings is 2. The molecule has 0 fully saturated rings. The number of carbonyl (C=O) groups excluding carboxylic acids is 4. The Bertz CT molecular complexity index is 1710. The van der Waals surface area contributed by atoms with Crippen molar-refractivity contribution in [2.75, 3.05) is 13.7 Å².